The van der Waals surface area contributed by atoms with Gasteiger partial charge in [0.05, 0.1) is 17.1 Å². The van der Waals surface area contributed by atoms with Crippen LogP contribution >= 0.6 is 0 Å². The molecule has 6 nitrogen and oxygen atoms in total. The third-order valence-electron chi connectivity index (χ3n) is 3.06. The standard InChI is InChI=1S/C14H22N2O4S/c1-5-20-14(17)12-7-6-10(2)13(8-12)21(18,19)16-9-11(3)15-4/h6-8,11,15-16H,5,9H2,1-4H3. The number of carbonyl (C=O) groups excluding carboxylic acids is 1. The lowest BCUT2D eigenvalue weighted by Gasteiger charge is -2.14. The number of hydrogen-bond donors (Lipinski definition) is 2. The molecular weight excluding hydrogens is 292 g/mol. The van der Waals surface area contributed by atoms with Crippen molar-refractivity contribution in [3.63, 3.8) is 0 Å². The first-order valence-electron chi connectivity index (χ1n) is 6.76. The second-order valence-corrected chi connectivity index (χ2v) is 6.48. The monoisotopic (exact) mass is 314 g/mol. The van der Waals surface area contributed by atoms with Gasteiger partial charge in [-0.1, -0.05) is 6.07 Å². The molecule has 0 saturated carbocycles. The molecule has 0 aromatic heterocycles. The molecule has 0 saturated heterocycles. The quantitative estimate of drug-likeness (QED) is 0.735. The lowest BCUT2D eigenvalue weighted by Crippen LogP contribution is -2.37. The first kappa shape index (κ1) is 17.6. The van der Waals surface area contributed by atoms with E-state index in [9.17, 15) is 13.2 Å². The zero-order valence-corrected chi connectivity index (χ0v) is 13.6. The van der Waals surface area contributed by atoms with Crippen molar-refractivity contribution in [2.24, 2.45) is 0 Å². The average molecular weight is 314 g/mol. The van der Waals surface area contributed by atoms with Crippen molar-refractivity contribution in [3.05, 3.63) is 29.3 Å². The molecule has 7 heteroatoms. The molecule has 2 N–H and O–H groups in total. The van der Waals surface area contributed by atoms with E-state index in [-0.39, 0.29) is 29.7 Å². The van der Waals surface area contributed by atoms with Crippen molar-refractivity contribution in [1.29, 1.82) is 0 Å². The lowest BCUT2D eigenvalue weighted by molar-refractivity contribution is 0.0526. The molecule has 0 fully saturated rings. The Morgan fingerprint density at radius 2 is 2.05 bits per heavy atom. The van der Waals surface area contributed by atoms with Crippen LogP contribution in [0.4, 0.5) is 0 Å². The van der Waals surface area contributed by atoms with Gasteiger partial charge in [-0.15, -0.1) is 0 Å². The number of benzene rings is 1. The van der Waals surface area contributed by atoms with E-state index in [1.54, 1.807) is 33.0 Å². The Morgan fingerprint density at radius 1 is 1.38 bits per heavy atom. The van der Waals surface area contributed by atoms with Crippen molar-refractivity contribution in [2.45, 2.75) is 31.7 Å². The summed E-state index contributed by atoms with van der Waals surface area (Å²) in [7, 11) is -1.91. The summed E-state index contributed by atoms with van der Waals surface area (Å²) in [6.45, 7) is 5.76. The predicted octanol–water partition coefficient (Wildman–Crippen LogP) is 1.06. The topological polar surface area (TPSA) is 84.5 Å². The van der Waals surface area contributed by atoms with Gasteiger partial charge in [0.2, 0.25) is 10.0 Å². The van der Waals surface area contributed by atoms with E-state index in [1.165, 1.54) is 6.07 Å². The first-order chi connectivity index (χ1) is 9.81. The molecule has 0 amide bonds. The van der Waals surface area contributed by atoms with E-state index in [0.29, 0.717) is 5.56 Å². The van der Waals surface area contributed by atoms with Crippen LogP contribution in [-0.4, -0.2) is 40.6 Å². The fourth-order valence-electron chi connectivity index (χ4n) is 1.65. The Morgan fingerprint density at radius 3 is 2.62 bits per heavy atom. The average Bonchev–Trinajstić information content (AvgIpc) is 2.45. The first-order valence-corrected chi connectivity index (χ1v) is 8.24. The normalized spacial score (nSPS) is 13.0. The zero-order chi connectivity index (χ0) is 16.0. The summed E-state index contributed by atoms with van der Waals surface area (Å²) in [4.78, 5) is 11.8. The highest BCUT2D eigenvalue weighted by molar-refractivity contribution is 7.89. The summed E-state index contributed by atoms with van der Waals surface area (Å²) >= 11 is 0. The highest BCUT2D eigenvalue weighted by atomic mass is 32.2. The Balaban J connectivity index is 3.05. The minimum atomic E-state index is -3.66. The minimum Gasteiger partial charge on any atom is -0.462 e. The van der Waals surface area contributed by atoms with Crippen molar-refractivity contribution >= 4 is 16.0 Å². The number of ether oxygens (including phenoxy) is 1. The highest BCUT2D eigenvalue weighted by Gasteiger charge is 2.19. The molecule has 0 spiro atoms. The lowest BCUT2D eigenvalue weighted by atomic mass is 10.1. The molecule has 1 atom stereocenters. The molecule has 0 heterocycles. The van der Waals surface area contributed by atoms with Crippen LogP contribution in [0.3, 0.4) is 0 Å². The maximum Gasteiger partial charge on any atom is 0.338 e. The predicted molar refractivity (Wildman–Crippen MR) is 80.8 cm³/mol. The number of carbonyl (C=O) groups is 1. The van der Waals surface area contributed by atoms with Crippen LogP contribution < -0.4 is 10.0 Å². The molecule has 0 radical (unpaired) electrons. The molecule has 1 aromatic carbocycles. The molecule has 21 heavy (non-hydrogen) atoms. The van der Waals surface area contributed by atoms with Crippen LogP contribution in [0.5, 0.6) is 0 Å². The van der Waals surface area contributed by atoms with Crippen LogP contribution in [0.1, 0.15) is 29.8 Å². The number of hydrogen-bond acceptors (Lipinski definition) is 5. The van der Waals surface area contributed by atoms with Gasteiger partial charge in [0, 0.05) is 12.6 Å². The molecule has 0 aliphatic carbocycles. The number of nitrogens with one attached hydrogen (secondary N) is 2. The third-order valence-corrected chi connectivity index (χ3v) is 4.63. The molecule has 1 aromatic rings. The van der Waals surface area contributed by atoms with Gasteiger partial charge in [-0.3, -0.25) is 0 Å². The van der Waals surface area contributed by atoms with Crippen LogP contribution in [0.2, 0.25) is 0 Å². The summed E-state index contributed by atoms with van der Waals surface area (Å²) in [6, 6.07) is 4.51. The summed E-state index contributed by atoms with van der Waals surface area (Å²) in [5.41, 5.74) is 0.803. The van der Waals surface area contributed by atoms with Crippen LogP contribution in [0.15, 0.2) is 23.1 Å². The Labute approximate surface area is 125 Å². The van der Waals surface area contributed by atoms with Gasteiger partial charge < -0.3 is 10.1 Å². The van der Waals surface area contributed by atoms with Crippen molar-refractivity contribution < 1.29 is 17.9 Å². The van der Waals surface area contributed by atoms with Crippen molar-refractivity contribution in [1.82, 2.24) is 10.0 Å². The second-order valence-electron chi connectivity index (χ2n) is 4.74. The number of sulfonamides is 1. The Kier molecular flexibility index (Phi) is 6.32. The zero-order valence-electron chi connectivity index (χ0n) is 12.8. The van der Waals surface area contributed by atoms with Crippen LogP contribution in [0, 0.1) is 6.92 Å². The maximum absolute atomic E-state index is 12.3. The largest absolute Gasteiger partial charge is 0.462 e. The van der Waals surface area contributed by atoms with Crippen LogP contribution in [-0.2, 0) is 14.8 Å². The molecule has 0 aliphatic rings. The summed E-state index contributed by atoms with van der Waals surface area (Å²) in [5, 5.41) is 2.95. The van der Waals surface area contributed by atoms with E-state index in [1.807, 2.05) is 6.92 Å². The molecular formula is C14H22N2O4S. The van der Waals surface area contributed by atoms with Gasteiger partial charge >= 0.3 is 5.97 Å². The highest BCUT2D eigenvalue weighted by Crippen LogP contribution is 2.17. The van der Waals surface area contributed by atoms with Crippen molar-refractivity contribution in [2.75, 3.05) is 20.2 Å². The Bertz CT molecular complexity index is 599. The van der Waals surface area contributed by atoms with Crippen molar-refractivity contribution in [3.8, 4) is 0 Å². The van der Waals surface area contributed by atoms with Gasteiger partial charge in [-0.25, -0.2) is 17.9 Å². The summed E-state index contributed by atoms with van der Waals surface area (Å²) < 4.78 is 32.0. The molecule has 1 unspecified atom stereocenters. The minimum absolute atomic E-state index is 0.00770. The van der Waals surface area contributed by atoms with Gasteiger partial charge in [-0.2, -0.15) is 0 Å². The van der Waals surface area contributed by atoms with E-state index in [4.69, 9.17) is 4.74 Å². The number of likely N-dealkylation sites (N-methyl/N-ethyl adjacent to an activating group) is 1. The Hall–Kier alpha value is -1.44. The fourth-order valence-corrected chi connectivity index (χ4v) is 3.04. The molecule has 0 bridgehead atoms. The van der Waals surface area contributed by atoms with E-state index in [0.717, 1.165) is 0 Å². The summed E-state index contributed by atoms with van der Waals surface area (Å²) in [5.74, 6) is -0.530. The number of rotatable bonds is 7. The maximum atomic E-state index is 12.3. The summed E-state index contributed by atoms with van der Waals surface area (Å²) in [6.07, 6.45) is 0. The fraction of sp³-hybridized carbons (Fsp3) is 0.500. The second kappa shape index (κ2) is 7.53. The van der Waals surface area contributed by atoms with Gasteiger partial charge in [0.1, 0.15) is 0 Å². The van der Waals surface area contributed by atoms with E-state index >= 15 is 0 Å². The molecule has 1 rings (SSSR count). The van der Waals surface area contributed by atoms with Gasteiger partial charge in [0.25, 0.3) is 0 Å². The third kappa shape index (κ3) is 4.80. The smallest absolute Gasteiger partial charge is 0.338 e. The number of esters is 1. The van der Waals surface area contributed by atoms with Gasteiger partial charge in [-0.05, 0) is 45.5 Å². The number of aryl methyl sites for hydroxylation is 1. The van der Waals surface area contributed by atoms with Crippen LogP contribution in [0.25, 0.3) is 0 Å². The molecule has 118 valence electrons. The van der Waals surface area contributed by atoms with Gasteiger partial charge in [0.15, 0.2) is 0 Å². The van der Waals surface area contributed by atoms with E-state index < -0.39 is 16.0 Å². The van der Waals surface area contributed by atoms with E-state index in [2.05, 4.69) is 10.0 Å². The molecule has 0 aliphatic heterocycles. The SMILES string of the molecule is CCOC(=O)c1ccc(C)c(S(=O)(=O)NCC(C)NC)c1.